The van der Waals surface area contributed by atoms with Gasteiger partial charge in [-0.25, -0.2) is 4.18 Å². The van der Waals surface area contributed by atoms with Crippen LogP contribution in [0, 0.1) is 17.3 Å². The number of benzene rings is 1. The lowest BCUT2D eigenvalue weighted by atomic mass is 9.55. The Morgan fingerprint density at radius 1 is 0.974 bits per heavy atom. The predicted molar refractivity (Wildman–Crippen MR) is 154 cm³/mol. The predicted octanol–water partition coefficient (Wildman–Crippen LogP) is 5.58. The van der Waals surface area contributed by atoms with Crippen molar-refractivity contribution in [1.29, 1.82) is 0 Å². The van der Waals surface area contributed by atoms with Gasteiger partial charge in [0.2, 0.25) is 0 Å². The summed E-state index contributed by atoms with van der Waals surface area (Å²) >= 11 is 0. The van der Waals surface area contributed by atoms with Gasteiger partial charge in [-0.05, 0) is 111 Å². The van der Waals surface area contributed by atoms with Crippen LogP contribution in [0.5, 0.6) is 5.75 Å². The lowest BCUT2D eigenvalue weighted by molar-refractivity contribution is -0.791. The summed E-state index contributed by atoms with van der Waals surface area (Å²) in [5.41, 5.74) is 2.23. The Balaban J connectivity index is 1.50. The van der Waals surface area contributed by atoms with Crippen molar-refractivity contribution in [3.8, 4) is 5.75 Å². The van der Waals surface area contributed by atoms with E-state index < -0.39 is 20.6 Å². The molecule has 1 aromatic carbocycles. The third kappa shape index (κ3) is 6.50. The number of rotatable bonds is 13. The van der Waals surface area contributed by atoms with Gasteiger partial charge in [-0.2, -0.15) is 17.4 Å². The van der Waals surface area contributed by atoms with Gasteiger partial charge >= 0.3 is 20.6 Å². The normalized spacial score (nSPS) is 28.9. The van der Waals surface area contributed by atoms with Crippen molar-refractivity contribution in [2.45, 2.75) is 110 Å². The van der Waals surface area contributed by atoms with E-state index in [0.29, 0.717) is 30.8 Å². The van der Waals surface area contributed by atoms with Gasteiger partial charge in [0.05, 0.1) is 26.2 Å². The van der Waals surface area contributed by atoms with Gasteiger partial charge in [0.1, 0.15) is 5.75 Å². The quantitative estimate of drug-likeness (QED) is 0.239. The molecule has 0 heterocycles. The summed E-state index contributed by atoms with van der Waals surface area (Å²) in [5, 5.41) is 5.06. The van der Waals surface area contributed by atoms with Crippen LogP contribution < -0.4 is 9.32 Å². The van der Waals surface area contributed by atoms with Crippen molar-refractivity contribution >= 4 is 20.6 Å². The molecule has 2 N–H and O–H groups in total. The summed E-state index contributed by atoms with van der Waals surface area (Å²) in [6.45, 7) is 7.75. The number of nitrogens with two attached hydrogens (primary N) is 1. The summed E-state index contributed by atoms with van der Waals surface area (Å²) in [4.78, 5) is 0. The van der Waals surface area contributed by atoms with E-state index in [9.17, 15) is 16.8 Å². The van der Waals surface area contributed by atoms with E-state index in [1.165, 1.54) is 5.56 Å². The minimum Gasteiger partial charge on any atom is -0.371 e. The number of hydrogen-bond donors (Lipinski definition) is 1. The molecule has 2 saturated carbocycles. The van der Waals surface area contributed by atoms with E-state index >= 15 is 0 Å². The zero-order chi connectivity index (χ0) is 28.5. The van der Waals surface area contributed by atoms with Crippen molar-refractivity contribution < 1.29 is 29.1 Å². The van der Waals surface area contributed by atoms with Crippen LogP contribution >= 0.6 is 0 Å². The fourth-order valence-electron chi connectivity index (χ4n) is 7.83. The Labute approximate surface area is 236 Å². The summed E-state index contributed by atoms with van der Waals surface area (Å²) in [6.07, 6.45) is 11.2. The second-order valence-corrected chi connectivity index (χ2v) is 15.7. The molecular weight excluding hydrogens is 536 g/mol. The molecule has 5 atom stereocenters. The van der Waals surface area contributed by atoms with E-state index in [1.54, 1.807) is 6.07 Å². The van der Waals surface area contributed by atoms with Gasteiger partial charge in [-0.3, -0.25) is 0 Å². The Hall–Kier alpha value is -1.20. The van der Waals surface area contributed by atoms with Gasteiger partial charge in [0.15, 0.2) is 0 Å². The molecule has 0 bridgehead atoms. The molecule has 39 heavy (non-hydrogen) atoms. The van der Waals surface area contributed by atoms with Gasteiger partial charge < -0.3 is 4.18 Å². The number of quaternary nitrogens is 1. The van der Waals surface area contributed by atoms with Gasteiger partial charge in [-0.15, -0.1) is 8.42 Å². The molecule has 0 amide bonds. The molecule has 4 rings (SSSR count). The minimum atomic E-state index is -4.06. The Morgan fingerprint density at radius 3 is 2.26 bits per heavy atom. The van der Waals surface area contributed by atoms with Crippen molar-refractivity contribution in [3.05, 3.63) is 29.3 Å². The molecular formula is C29H49N2O6S2+. The van der Waals surface area contributed by atoms with Gasteiger partial charge in [0, 0.05) is 0 Å². The molecule has 222 valence electrons. The average molecular weight is 586 g/mol. The van der Waals surface area contributed by atoms with Crippen LogP contribution in [0.25, 0.3) is 0 Å². The van der Waals surface area contributed by atoms with E-state index in [0.717, 1.165) is 82.6 Å². The standard InChI is InChI=1S/C29H49N2O6S2/c1-5-7-9-19-31(4,20-10-8-6-2)39(34,35)37-28-16-15-27-26-13-11-22-21-23(36-38(30,32)33)12-14-24(22)25(26)17-18-29(27,28)3/h12,14,21,25-28H,5-11,13,15-20H2,1-4H3,(H2,30,32,33)/q+1/t25?,26?,27?,28-,29+/m1/s1. The molecule has 2 fully saturated rings. The van der Waals surface area contributed by atoms with E-state index in [4.69, 9.17) is 13.5 Å². The fourth-order valence-corrected chi connectivity index (χ4v) is 9.73. The van der Waals surface area contributed by atoms with Crippen LogP contribution in [-0.4, -0.2) is 47.0 Å². The van der Waals surface area contributed by atoms with Crippen LogP contribution in [0.3, 0.4) is 0 Å². The zero-order valence-corrected chi connectivity index (χ0v) is 25.9. The molecule has 3 unspecified atom stereocenters. The molecule has 0 saturated heterocycles. The number of nitrogens with zero attached hydrogens (tertiary/aromatic N) is 1. The van der Waals surface area contributed by atoms with Crippen LogP contribution in [-0.2, 0) is 31.2 Å². The summed E-state index contributed by atoms with van der Waals surface area (Å²) in [5.74, 6) is 1.51. The highest BCUT2D eigenvalue weighted by molar-refractivity contribution is 7.84. The van der Waals surface area contributed by atoms with Crippen LogP contribution in [0.15, 0.2) is 18.2 Å². The first kappa shape index (κ1) is 30.8. The lowest BCUT2D eigenvalue weighted by Gasteiger charge is -2.50. The van der Waals surface area contributed by atoms with Crippen molar-refractivity contribution in [2.75, 3.05) is 20.1 Å². The maximum Gasteiger partial charge on any atom is 0.435 e. The second kappa shape index (κ2) is 12.0. The Bertz CT molecular complexity index is 1210. The lowest BCUT2D eigenvalue weighted by Crippen LogP contribution is -2.54. The highest BCUT2D eigenvalue weighted by atomic mass is 32.2. The molecule has 0 radical (unpaired) electrons. The summed E-state index contributed by atoms with van der Waals surface area (Å²) in [7, 11) is -5.99. The smallest absolute Gasteiger partial charge is 0.371 e. The third-order valence-electron chi connectivity index (χ3n) is 10.1. The monoisotopic (exact) mass is 585 g/mol. The largest absolute Gasteiger partial charge is 0.435 e. The van der Waals surface area contributed by atoms with Crippen molar-refractivity contribution in [3.63, 3.8) is 0 Å². The van der Waals surface area contributed by atoms with Crippen LogP contribution in [0.2, 0.25) is 0 Å². The summed E-state index contributed by atoms with van der Waals surface area (Å²) < 4.78 is 61.7. The molecule has 1 aromatic rings. The first-order chi connectivity index (χ1) is 18.3. The third-order valence-corrected chi connectivity index (χ3v) is 12.4. The first-order valence-corrected chi connectivity index (χ1v) is 17.8. The van der Waals surface area contributed by atoms with Crippen LogP contribution in [0.4, 0.5) is 0 Å². The molecule has 3 aliphatic rings. The van der Waals surface area contributed by atoms with Gasteiger partial charge in [-0.1, -0.05) is 39.7 Å². The zero-order valence-electron chi connectivity index (χ0n) is 24.2. The second-order valence-electron chi connectivity index (χ2n) is 12.6. The average Bonchev–Trinajstić information content (AvgIpc) is 3.18. The highest BCUT2D eigenvalue weighted by Gasteiger charge is 2.57. The molecule has 0 spiro atoms. The highest BCUT2D eigenvalue weighted by Crippen LogP contribution is 2.62. The minimum absolute atomic E-state index is 0.0212. The molecule has 0 aromatic heterocycles. The molecule has 0 aliphatic heterocycles. The summed E-state index contributed by atoms with van der Waals surface area (Å²) in [6, 6.07) is 5.51. The number of aryl methyl sites for hydroxylation is 1. The number of fused-ring (bicyclic) bond motifs is 5. The molecule has 8 nitrogen and oxygen atoms in total. The van der Waals surface area contributed by atoms with Crippen molar-refractivity contribution in [2.24, 2.45) is 22.4 Å². The topological polar surface area (TPSA) is 113 Å². The van der Waals surface area contributed by atoms with Crippen LogP contribution in [0.1, 0.15) is 108 Å². The Morgan fingerprint density at radius 2 is 1.64 bits per heavy atom. The maximum absolute atomic E-state index is 13.9. The molecule has 3 aliphatic carbocycles. The Kier molecular flexibility index (Phi) is 9.43. The number of unbranched alkanes of at least 4 members (excludes halogenated alkanes) is 4. The SMILES string of the molecule is CCCCC[N+](C)(CCCCC)S(=O)(=O)O[C@@H]1CCC2C3CCc4cc(OS(N)(=O)=O)ccc4C3CC[C@@]21C. The fraction of sp³-hybridized carbons (Fsp3) is 0.793. The van der Waals surface area contributed by atoms with Gasteiger partial charge in [0.25, 0.3) is 0 Å². The first-order valence-electron chi connectivity index (χ1n) is 15.0. The molecule has 10 heteroatoms. The van der Waals surface area contributed by atoms with E-state index in [1.807, 2.05) is 19.2 Å². The number of hydrogen-bond acceptors (Lipinski definition) is 6. The van der Waals surface area contributed by atoms with E-state index in [-0.39, 0.29) is 21.2 Å². The van der Waals surface area contributed by atoms with Crippen molar-refractivity contribution in [1.82, 2.24) is 0 Å². The maximum atomic E-state index is 13.9. The van der Waals surface area contributed by atoms with E-state index in [2.05, 4.69) is 20.8 Å².